The minimum Gasteiger partial charge on any atom is -0.386 e. The Bertz CT molecular complexity index is 953. The van der Waals surface area contributed by atoms with E-state index in [-0.39, 0.29) is 11.4 Å². The number of ether oxygens (including phenoxy) is 2. The summed E-state index contributed by atoms with van der Waals surface area (Å²) in [5, 5.41) is 19.7. The number of benzene rings is 1. The predicted molar refractivity (Wildman–Crippen MR) is 110 cm³/mol. The normalized spacial score (nSPS) is 21.4. The highest BCUT2D eigenvalue weighted by atomic mass is 16.6. The average Bonchev–Trinajstić information content (AvgIpc) is 3.35. The first-order valence-electron chi connectivity index (χ1n) is 9.91. The van der Waals surface area contributed by atoms with Crippen molar-refractivity contribution in [1.82, 2.24) is 4.57 Å². The van der Waals surface area contributed by atoms with Gasteiger partial charge in [-0.15, -0.1) is 0 Å². The molecule has 1 aromatic carbocycles. The smallest absolute Gasteiger partial charge is 0.196 e. The summed E-state index contributed by atoms with van der Waals surface area (Å²) >= 11 is 0. The van der Waals surface area contributed by atoms with E-state index in [1.54, 1.807) is 0 Å². The molecule has 4 rings (SSSR count). The Morgan fingerprint density at radius 1 is 1.36 bits per heavy atom. The summed E-state index contributed by atoms with van der Waals surface area (Å²) in [6.45, 7) is 7.09. The summed E-state index contributed by atoms with van der Waals surface area (Å²) in [5.41, 5.74) is 9.29. The van der Waals surface area contributed by atoms with Crippen molar-refractivity contribution in [3.8, 4) is 0 Å². The summed E-state index contributed by atoms with van der Waals surface area (Å²) in [7, 11) is 0. The first-order valence-corrected chi connectivity index (χ1v) is 9.91. The van der Waals surface area contributed by atoms with Crippen LogP contribution in [-0.2, 0) is 15.0 Å². The number of fused-ring (bicyclic) bond motifs is 1. The molecule has 150 valence electrons. The third-order valence-electron chi connectivity index (χ3n) is 5.85. The van der Waals surface area contributed by atoms with E-state index in [1.807, 2.05) is 17.6 Å². The number of hydrogen-bond acceptors (Lipinski definition) is 4. The molecule has 4 N–H and O–H groups in total. The first kappa shape index (κ1) is 19.2. The van der Waals surface area contributed by atoms with Crippen LogP contribution < -0.4 is 5.73 Å². The molecule has 1 atom stereocenters. The molecule has 0 radical (unpaired) electrons. The van der Waals surface area contributed by atoms with Crippen LogP contribution in [0.5, 0.6) is 0 Å². The van der Waals surface area contributed by atoms with E-state index in [1.165, 1.54) is 5.57 Å². The minimum atomic E-state index is -1.04. The number of aliphatic hydroxyl groups is 1. The topological polar surface area (TPSA) is 93.5 Å². The maximum atomic E-state index is 10.6. The standard InChI is InChI=1S/C22H29N3O3/c1-4-27-19(26)18-12-16-11-14(15-7-10-28-21(2,3)13-15)5-6-17(16)25(18)22(8-9-22)20(23)24/h5-7,11-12,19,26H,4,8-10,13H2,1-3H3,(H3,23,24). The van der Waals surface area contributed by atoms with Crippen molar-refractivity contribution in [2.75, 3.05) is 13.2 Å². The molecule has 28 heavy (non-hydrogen) atoms. The molecule has 2 aliphatic rings. The molecule has 1 aromatic heterocycles. The van der Waals surface area contributed by atoms with Crippen molar-refractivity contribution in [3.63, 3.8) is 0 Å². The van der Waals surface area contributed by atoms with E-state index < -0.39 is 11.8 Å². The molecule has 6 heteroatoms. The van der Waals surface area contributed by atoms with Crippen LogP contribution in [0.25, 0.3) is 16.5 Å². The number of aromatic nitrogens is 1. The van der Waals surface area contributed by atoms with Gasteiger partial charge in [0, 0.05) is 23.9 Å². The molecule has 0 amide bonds. The maximum Gasteiger partial charge on any atom is 0.196 e. The molecular weight excluding hydrogens is 354 g/mol. The number of rotatable bonds is 6. The van der Waals surface area contributed by atoms with Crippen LogP contribution in [-0.4, -0.2) is 34.3 Å². The fourth-order valence-electron chi connectivity index (χ4n) is 4.24. The fraction of sp³-hybridized carbons (Fsp3) is 0.500. The lowest BCUT2D eigenvalue weighted by atomic mass is 9.90. The highest BCUT2D eigenvalue weighted by Crippen LogP contribution is 2.48. The van der Waals surface area contributed by atoms with E-state index in [4.69, 9.17) is 20.6 Å². The van der Waals surface area contributed by atoms with Crippen LogP contribution in [0.1, 0.15) is 57.6 Å². The van der Waals surface area contributed by atoms with Gasteiger partial charge in [-0.25, -0.2) is 0 Å². The molecule has 1 aliphatic heterocycles. The summed E-state index contributed by atoms with van der Waals surface area (Å²) in [6.07, 6.45) is 3.55. The van der Waals surface area contributed by atoms with Crippen LogP contribution in [0.3, 0.4) is 0 Å². The van der Waals surface area contributed by atoms with E-state index in [0.717, 1.165) is 35.7 Å². The zero-order valence-electron chi connectivity index (χ0n) is 16.8. The van der Waals surface area contributed by atoms with Gasteiger partial charge in [0.25, 0.3) is 0 Å². The van der Waals surface area contributed by atoms with Crippen LogP contribution in [0.2, 0.25) is 0 Å². The van der Waals surface area contributed by atoms with Gasteiger partial charge in [-0.1, -0.05) is 12.1 Å². The van der Waals surface area contributed by atoms with Crippen molar-refractivity contribution in [3.05, 3.63) is 41.6 Å². The lowest BCUT2D eigenvalue weighted by molar-refractivity contribution is -0.103. The van der Waals surface area contributed by atoms with Crippen molar-refractivity contribution < 1.29 is 14.6 Å². The monoisotopic (exact) mass is 383 g/mol. The zero-order valence-corrected chi connectivity index (χ0v) is 16.8. The molecule has 0 saturated heterocycles. The van der Waals surface area contributed by atoms with Crippen LogP contribution in [0.15, 0.2) is 30.3 Å². The van der Waals surface area contributed by atoms with Gasteiger partial charge < -0.3 is 24.9 Å². The second-order valence-corrected chi connectivity index (χ2v) is 8.41. The lowest BCUT2D eigenvalue weighted by Crippen LogP contribution is -2.35. The summed E-state index contributed by atoms with van der Waals surface area (Å²) in [6, 6.07) is 8.29. The summed E-state index contributed by atoms with van der Waals surface area (Å²) in [4.78, 5) is 0. The number of nitrogens with zero attached hydrogens (tertiary/aromatic N) is 1. The van der Waals surface area contributed by atoms with Gasteiger partial charge in [-0.2, -0.15) is 0 Å². The van der Waals surface area contributed by atoms with E-state index in [9.17, 15) is 5.11 Å². The van der Waals surface area contributed by atoms with Gasteiger partial charge in [0.1, 0.15) is 11.4 Å². The van der Waals surface area contributed by atoms with Crippen molar-refractivity contribution in [1.29, 1.82) is 5.41 Å². The number of aliphatic hydroxyl groups excluding tert-OH is 1. The van der Waals surface area contributed by atoms with Gasteiger partial charge >= 0.3 is 0 Å². The number of nitrogens with two attached hydrogens (primary N) is 1. The quantitative estimate of drug-likeness (QED) is 0.403. The molecular formula is C22H29N3O3. The van der Waals surface area contributed by atoms with Gasteiger partial charge in [-0.3, -0.25) is 5.41 Å². The van der Waals surface area contributed by atoms with Crippen molar-refractivity contribution >= 4 is 22.3 Å². The maximum absolute atomic E-state index is 10.6. The third-order valence-corrected chi connectivity index (χ3v) is 5.85. The minimum absolute atomic E-state index is 0.132. The molecule has 0 spiro atoms. The second kappa shape index (κ2) is 6.72. The average molecular weight is 383 g/mol. The Balaban J connectivity index is 1.83. The van der Waals surface area contributed by atoms with Gasteiger partial charge in [0.05, 0.1) is 17.9 Å². The van der Waals surface area contributed by atoms with Crippen molar-refractivity contribution in [2.24, 2.45) is 5.73 Å². The molecule has 1 fully saturated rings. The fourth-order valence-corrected chi connectivity index (χ4v) is 4.24. The van der Waals surface area contributed by atoms with Crippen LogP contribution in [0.4, 0.5) is 0 Å². The Labute approximate surface area is 165 Å². The van der Waals surface area contributed by atoms with E-state index >= 15 is 0 Å². The Kier molecular flexibility index (Phi) is 4.61. The Morgan fingerprint density at radius 3 is 2.71 bits per heavy atom. The molecule has 1 aliphatic carbocycles. The van der Waals surface area contributed by atoms with Gasteiger partial charge in [-0.05, 0) is 62.9 Å². The zero-order chi connectivity index (χ0) is 20.1. The SMILES string of the molecule is CCOC(O)c1cc2cc(C3=CCOC(C)(C)C3)ccc2n1C1(C(=N)N)CC1. The highest BCUT2D eigenvalue weighted by molar-refractivity contribution is 5.93. The van der Waals surface area contributed by atoms with Crippen LogP contribution >= 0.6 is 0 Å². The molecule has 2 heterocycles. The van der Waals surface area contributed by atoms with Crippen molar-refractivity contribution in [2.45, 2.75) is 57.5 Å². The molecule has 2 aromatic rings. The Hall–Kier alpha value is -2.15. The van der Waals surface area contributed by atoms with Gasteiger partial charge in [0.15, 0.2) is 6.29 Å². The molecule has 6 nitrogen and oxygen atoms in total. The van der Waals surface area contributed by atoms with Crippen LogP contribution in [0, 0.1) is 5.41 Å². The summed E-state index contributed by atoms with van der Waals surface area (Å²) < 4.78 is 13.3. The lowest BCUT2D eigenvalue weighted by Gasteiger charge is -2.30. The number of amidine groups is 1. The predicted octanol–water partition coefficient (Wildman–Crippen LogP) is 3.68. The second-order valence-electron chi connectivity index (χ2n) is 8.41. The number of hydrogen-bond donors (Lipinski definition) is 3. The largest absolute Gasteiger partial charge is 0.386 e. The van der Waals surface area contributed by atoms with E-state index in [0.29, 0.717) is 18.9 Å². The molecule has 1 saturated carbocycles. The third kappa shape index (κ3) is 3.15. The Morgan fingerprint density at radius 2 is 2.11 bits per heavy atom. The highest BCUT2D eigenvalue weighted by Gasteiger charge is 2.50. The number of nitrogens with one attached hydrogen (secondary N) is 1. The molecule has 0 bridgehead atoms. The molecule has 1 unspecified atom stereocenters. The van der Waals surface area contributed by atoms with E-state index in [2.05, 4.69) is 38.1 Å². The summed E-state index contributed by atoms with van der Waals surface area (Å²) in [5.74, 6) is 0.132. The first-order chi connectivity index (χ1) is 13.3. The van der Waals surface area contributed by atoms with Gasteiger partial charge in [0.2, 0.25) is 0 Å².